The smallest absolute Gasteiger partial charge is 0.343 e. The number of nitrogens with zero attached hydrogens (tertiary/aromatic N) is 1. The maximum Gasteiger partial charge on any atom is 0.343 e. The van der Waals surface area contributed by atoms with Gasteiger partial charge in [-0.25, -0.2) is 4.79 Å². The summed E-state index contributed by atoms with van der Waals surface area (Å²) in [5, 5.41) is 22.0. The van der Waals surface area contributed by atoms with Crippen LogP contribution in [-0.4, -0.2) is 59.3 Å². The second-order valence-electron chi connectivity index (χ2n) is 5.96. The van der Waals surface area contributed by atoms with E-state index in [1.807, 2.05) is 0 Å². The van der Waals surface area contributed by atoms with Crippen LogP contribution in [0.25, 0.3) is 0 Å². The summed E-state index contributed by atoms with van der Waals surface area (Å²) in [6.45, 7) is 2.65. The first-order valence-corrected chi connectivity index (χ1v) is 7.77. The van der Waals surface area contributed by atoms with Crippen LogP contribution in [0.2, 0.25) is 0 Å². The van der Waals surface area contributed by atoms with Crippen molar-refractivity contribution in [2.45, 2.75) is 18.9 Å². The molecule has 0 aromatic heterocycles. The molecule has 2 aliphatic rings. The van der Waals surface area contributed by atoms with E-state index in [0.717, 1.165) is 25.9 Å². The van der Waals surface area contributed by atoms with E-state index in [1.54, 1.807) is 4.90 Å². The van der Waals surface area contributed by atoms with Gasteiger partial charge in [0.15, 0.2) is 0 Å². The highest BCUT2D eigenvalue weighted by Crippen LogP contribution is 2.30. The molecule has 2 saturated heterocycles. The summed E-state index contributed by atoms with van der Waals surface area (Å²) < 4.78 is 5.64. The van der Waals surface area contributed by atoms with Crippen molar-refractivity contribution in [1.82, 2.24) is 10.2 Å². The quantitative estimate of drug-likeness (QED) is 0.754. The van der Waals surface area contributed by atoms with Crippen molar-refractivity contribution in [3.05, 3.63) is 23.8 Å². The number of aromatic hydroxyl groups is 1. The molecule has 0 radical (unpaired) electrons. The van der Waals surface area contributed by atoms with E-state index < -0.39 is 5.97 Å². The Balaban J connectivity index is 1.57. The summed E-state index contributed by atoms with van der Waals surface area (Å²) in [5.74, 6) is -1.19. The monoisotopic (exact) mass is 320 g/mol. The van der Waals surface area contributed by atoms with Gasteiger partial charge in [0.1, 0.15) is 23.2 Å². The number of carbonyl (C=O) groups excluding carboxylic acids is 1. The Labute approximate surface area is 133 Å². The average molecular weight is 320 g/mol. The van der Waals surface area contributed by atoms with Gasteiger partial charge >= 0.3 is 5.97 Å². The first kappa shape index (κ1) is 15.6. The molecule has 0 bridgehead atoms. The Morgan fingerprint density at radius 3 is 2.57 bits per heavy atom. The number of amides is 1. The molecule has 23 heavy (non-hydrogen) atoms. The van der Waals surface area contributed by atoms with Gasteiger partial charge in [0.05, 0.1) is 13.1 Å². The van der Waals surface area contributed by atoms with Crippen LogP contribution in [0.3, 0.4) is 0 Å². The minimum Gasteiger partial charge on any atom is -0.507 e. The van der Waals surface area contributed by atoms with Crippen LogP contribution in [-0.2, 0) is 4.79 Å². The number of ether oxygens (including phenoxy) is 1. The van der Waals surface area contributed by atoms with E-state index >= 15 is 0 Å². The number of carboxylic acid groups (broad SMARTS) is 1. The van der Waals surface area contributed by atoms with Crippen molar-refractivity contribution in [2.24, 2.45) is 5.92 Å². The van der Waals surface area contributed by atoms with E-state index in [4.69, 9.17) is 9.84 Å². The average Bonchev–Trinajstić information content (AvgIpc) is 2.50. The highest BCUT2D eigenvalue weighted by atomic mass is 16.5. The summed E-state index contributed by atoms with van der Waals surface area (Å²) >= 11 is 0. The number of carbonyl (C=O) groups is 2. The normalized spacial score (nSPS) is 19.2. The third-order valence-electron chi connectivity index (χ3n) is 4.36. The fraction of sp³-hybridized carbons (Fsp3) is 0.500. The van der Waals surface area contributed by atoms with Crippen LogP contribution in [0.15, 0.2) is 18.2 Å². The van der Waals surface area contributed by atoms with Gasteiger partial charge < -0.3 is 25.2 Å². The Bertz CT molecular complexity index is 606. The van der Waals surface area contributed by atoms with Crippen LogP contribution < -0.4 is 10.1 Å². The van der Waals surface area contributed by atoms with Gasteiger partial charge in [-0.05, 0) is 38.1 Å². The van der Waals surface area contributed by atoms with Crippen LogP contribution >= 0.6 is 0 Å². The Hall–Kier alpha value is -2.28. The van der Waals surface area contributed by atoms with Crippen molar-refractivity contribution < 1.29 is 24.5 Å². The lowest BCUT2D eigenvalue weighted by molar-refractivity contribution is -0.145. The molecule has 0 unspecified atom stereocenters. The number of benzene rings is 1. The lowest BCUT2D eigenvalue weighted by Crippen LogP contribution is -2.58. The van der Waals surface area contributed by atoms with E-state index in [2.05, 4.69) is 5.32 Å². The fourth-order valence-electron chi connectivity index (χ4n) is 3.03. The molecule has 7 heteroatoms. The van der Waals surface area contributed by atoms with Gasteiger partial charge in [-0.1, -0.05) is 6.07 Å². The third-order valence-corrected chi connectivity index (χ3v) is 4.36. The van der Waals surface area contributed by atoms with Crippen molar-refractivity contribution in [3.63, 3.8) is 0 Å². The lowest BCUT2D eigenvalue weighted by atomic mass is 9.95. The SMILES string of the molecule is O=C(O)c1c(O)cccc1OC1CN(C(=O)C2CCNCC2)C1. The zero-order chi connectivity index (χ0) is 16.4. The molecule has 7 nitrogen and oxygen atoms in total. The molecular weight excluding hydrogens is 300 g/mol. The summed E-state index contributed by atoms with van der Waals surface area (Å²) in [6.07, 6.45) is 1.48. The Morgan fingerprint density at radius 2 is 1.91 bits per heavy atom. The standard InChI is InChI=1S/C16H20N2O5/c19-12-2-1-3-13(14(12)16(21)22)23-11-8-18(9-11)15(20)10-4-6-17-7-5-10/h1-3,10-11,17,19H,4-9H2,(H,21,22). The highest BCUT2D eigenvalue weighted by molar-refractivity contribution is 5.94. The largest absolute Gasteiger partial charge is 0.507 e. The van der Waals surface area contributed by atoms with Gasteiger partial charge in [0.2, 0.25) is 5.91 Å². The van der Waals surface area contributed by atoms with Crippen molar-refractivity contribution in [2.75, 3.05) is 26.2 Å². The molecule has 2 heterocycles. The van der Waals surface area contributed by atoms with Crippen LogP contribution in [0, 0.1) is 5.92 Å². The summed E-state index contributed by atoms with van der Waals surface area (Å²) in [6, 6.07) is 4.36. The van der Waals surface area contributed by atoms with Gasteiger partial charge in [0, 0.05) is 5.92 Å². The van der Waals surface area contributed by atoms with E-state index in [-0.39, 0.29) is 35.0 Å². The van der Waals surface area contributed by atoms with Crippen LogP contribution in [0.4, 0.5) is 0 Å². The molecule has 0 aliphatic carbocycles. The molecule has 3 N–H and O–H groups in total. The first-order chi connectivity index (χ1) is 11.1. The maximum absolute atomic E-state index is 12.3. The maximum atomic E-state index is 12.3. The molecule has 0 spiro atoms. The van der Waals surface area contributed by atoms with Crippen LogP contribution in [0.5, 0.6) is 11.5 Å². The number of carboxylic acids is 1. The number of nitrogens with one attached hydrogen (secondary N) is 1. The second-order valence-corrected chi connectivity index (χ2v) is 5.96. The Kier molecular flexibility index (Phi) is 4.38. The number of hydrogen-bond donors (Lipinski definition) is 3. The predicted molar refractivity (Wildman–Crippen MR) is 81.7 cm³/mol. The zero-order valence-corrected chi connectivity index (χ0v) is 12.7. The lowest BCUT2D eigenvalue weighted by Gasteiger charge is -2.41. The minimum atomic E-state index is -1.24. The molecule has 1 aromatic rings. The van der Waals surface area contributed by atoms with Crippen molar-refractivity contribution in [1.29, 1.82) is 0 Å². The number of likely N-dealkylation sites (tertiary alicyclic amines) is 1. The predicted octanol–water partition coefficient (Wildman–Crippen LogP) is 0.680. The van der Waals surface area contributed by atoms with Crippen molar-refractivity contribution in [3.8, 4) is 11.5 Å². The molecule has 0 saturated carbocycles. The number of hydrogen-bond acceptors (Lipinski definition) is 5. The topological polar surface area (TPSA) is 99.1 Å². The minimum absolute atomic E-state index is 0.0764. The van der Waals surface area contributed by atoms with Gasteiger partial charge in [-0.2, -0.15) is 0 Å². The van der Waals surface area contributed by atoms with Gasteiger partial charge in [0.25, 0.3) is 0 Å². The molecule has 124 valence electrons. The second kappa shape index (κ2) is 6.45. The van der Waals surface area contributed by atoms with E-state index in [0.29, 0.717) is 13.1 Å². The third kappa shape index (κ3) is 3.24. The van der Waals surface area contributed by atoms with Crippen molar-refractivity contribution >= 4 is 11.9 Å². The number of aromatic carboxylic acids is 1. The number of piperidine rings is 1. The van der Waals surface area contributed by atoms with E-state index in [9.17, 15) is 14.7 Å². The highest BCUT2D eigenvalue weighted by Gasteiger charge is 2.36. The number of phenols is 1. The van der Waals surface area contributed by atoms with Gasteiger partial charge in [-0.3, -0.25) is 4.79 Å². The summed E-state index contributed by atoms with van der Waals surface area (Å²) in [4.78, 5) is 25.3. The first-order valence-electron chi connectivity index (χ1n) is 7.77. The summed E-state index contributed by atoms with van der Waals surface area (Å²) in [7, 11) is 0. The fourth-order valence-corrected chi connectivity index (χ4v) is 3.03. The molecule has 1 amide bonds. The molecular formula is C16H20N2O5. The van der Waals surface area contributed by atoms with Crippen LogP contribution in [0.1, 0.15) is 23.2 Å². The van der Waals surface area contributed by atoms with E-state index in [1.165, 1.54) is 18.2 Å². The zero-order valence-electron chi connectivity index (χ0n) is 12.7. The molecule has 3 rings (SSSR count). The number of rotatable bonds is 4. The molecule has 0 atom stereocenters. The molecule has 1 aromatic carbocycles. The Morgan fingerprint density at radius 1 is 1.22 bits per heavy atom. The van der Waals surface area contributed by atoms with Gasteiger partial charge in [-0.15, -0.1) is 0 Å². The molecule has 2 aliphatic heterocycles. The summed E-state index contributed by atoms with van der Waals surface area (Å²) in [5.41, 5.74) is -0.240. The molecule has 2 fully saturated rings.